The summed E-state index contributed by atoms with van der Waals surface area (Å²) in [6.45, 7) is 3.66. The summed E-state index contributed by atoms with van der Waals surface area (Å²) in [6, 6.07) is 9.89. The van der Waals surface area contributed by atoms with Crippen LogP contribution >= 0.6 is 27.3 Å². The molecule has 0 fully saturated rings. The molecule has 1 aromatic carbocycles. The molecule has 0 saturated heterocycles. The Bertz CT molecular complexity index is 709. The minimum Gasteiger partial charge on any atom is -0.488 e. The minimum atomic E-state index is 0.0431. The highest BCUT2D eigenvalue weighted by Crippen LogP contribution is 2.29. The van der Waals surface area contributed by atoms with Gasteiger partial charge in [0, 0.05) is 21.5 Å². The molecule has 0 radical (unpaired) electrons. The molecule has 0 atom stereocenters. The number of ether oxygens (including phenoxy) is 1. The third kappa shape index (κ3) is 3.25. The Balaban J connectivity index is 1.82. The number of benzene rings is 1. The van der Waals surface area contributed by atoms with Gasteiger partial charge in [-0.2, -0.15) is 0 Å². The molecule has 1 aliphatic heterocycles. The summed E-state index contributed by atoms with van der Waals surface area (Å²) in [5.41, 5.74) is 1.64. The van der Waals surface area contributed by atoms with Gasteiger partial charge in [0.2, 0.25) is 0 Å². The first-order chi connectivity index (χ1) is 10.7. The number of likely N-dealkylation sites (N-methyl/N-ethyl adjacent to an activating group) is 1. The fourth-order valence-corrected chi connectivity index (χ4v) is 3.49. The average molecular weight is 378 g/mol. The van der Waals surface area contributed by atoms with E-state index in [1.165, 1.54) is 4.88 Å². The number of hydrogen-bond acceptors (Lipinski definition) is 3. The highest BCUT2D eigenvalue weighted by molar-refractivity contribution is 9.10. The lowest BCUT2D eigenvalue weighted by Crippen LogP contribution is -2.33. The van der Waals surface area contributed by atoms with E-state index < -0.39 is 0 Å². The van der Waals surface area contributed by atoms with Crippen LogP contribution in [-0.2, 0) is 11.3 Å². The van der Waals surface area contributed by atoms with E-state index >= 15 is 0 Å². The highest BCUT2D eigenvalue weighted by Gasteiger charge is 2.22. The number of amides is 1. The first kappa shape index (κ1) is 15.3. The second kappa shape index (κ2) is 6.67. The predicted molar refractivity (Wildman–Crippen MR) is 93.0 cm³/mol. The van der Waals surface area contributed by atoms with E-state index in [0.717, 1.165) is 15.8 Å². The Hall–Kier alpha value is -1.59. The molecule has 3 nitrogen and oxygen atoms in total. The number of fused-ring (bicyclic) bond motifs is 1. The van der Waals surface area contributed by atoms with Gasteiger partial charge in [0.25, 0.3) is 5.91 Å². The first-order valence-corrected chi connectivity index (χ1v) is 8.79. The SMILES string of the molecule is CCN(Cc1cccs1)C(=O)C1=Cc2cc(Br)ccc2OC1. The molecule has 0 saturated carbocycles. The average Bonchev–Trinajstić information content (AvgIpc) is 3.04. The maximum absolute atomic E-state index is 12.7. The van der Waals surface area contributed by atoms with Crippen molar-refractivity contribution < 1.29 is 9.53 Å². The van der Waals surface area contributed by atoms with Crippen LogP contribution in [0.3, 0.4) is 0 Å². The molecule has 0 bridgehead atoms. The van der Waals surface area contributed by atoms with Gasteiger partial charge in [-0.05, 0) is 42.6 Å². The maximum Gasteiger partial charge on any atom is 0.253 e. The topological polar surface area (TPSA) is 29.5 Å². The molecule has 3 rings (SSSR count). The van der Waals surface area contributed by atoms with Crippen LogP contribution < -0.4 is 4.74 Å². The molecule has 1 amide bonds. The van der Waals surface area contributed by atoms with Crippen molar-refractivity contribution in [2.24, 2.45) is 0 Å². The number of carbonyl (C=O) groups excluding carboxylic acids is 1. The van der Waals surface area contributed by atoms with Crippen LogP contribution in [0.2, 0.25) is 0 Å². The van der Waals surface area contributed by atoms with Gasteiger partial charge in [0.15, 0.2) is 0 Å². The monoisotopic (exact) mass is 377 g/mol. The van der Waals surface area contributed by atoms with Gasteiger partial charge >= 0.3 is 0 Å². The molecule has 0 spiro atoms. The van der Waals surface area contributed by atoms with Crippen LogP contribution in [0.5, 0.6) is 5.75 Å². The predicted octanol–water partition coefficient (Wildman–Crippen LogP) is 4.34. The zero-order chi connectivity index (χ0) is 15.5. The van der Waals surface area contributed by atoms with Crippen LogP contribution in [0.4, 0.5) is 0 Å². The Labute approximate surface area is 142 Å². The van der Waals surface area contributed by atoms with E-state index in [4.69, 9.17) is 4.74 Å². The fourth-order valence-electron chi connectivity index (χ4n) is 2.39. The number of carbonyl (C=O) groups is 1. The second-order valence-corrected chi connectivity index (χ2v) is 6.99. The lowest BCUT2D eigenvalue weighted by Gasteiger charge is -2.24. The molecule has 1 aliphatic rings. The van der Waals surface area contributed by atoms with E-state index in [9.17, 15) is 4.79 Å². The zero-order valence-electron chi connectivity index (χ0n) is 12.2. The standard InChI is InChI=1S/C17H16BrNO2S/c1-2-19(10-15-4-3-7-22-15)17(20)13-8-12-9-14(18)5-6-16(12)21-11-13/h3-9H,2,10-11H2,1H3. The first-order valence-electron chi connectivity index (χ1n) is 7.12. The Kier molecular flexibility index (Phi) is 4.64. The number of nitrogens with zero attached hydrogens (tertiary/aromatic N) is 1. The summed E-state index contributed by atoms with van der Waals surface area (Å²) in [7, 11) is 0. The van der Waals surface area contributed by atoms with Crippen molar-refractivity contribution in [1.82, 2.24) is 4.90 Å². The van der Waals surface area contributed by atoms with Gasteiger partial charge in [0.05, 0.1) is 12.1 Å². The van der Waals surface area contributed by atoms with Gasteiger partial charge in [-0.15, -0.1) is 11.3 Å². The van der Waals surface area contributed by atoms with E-state index in [1.807, 2.05) is 47.5 Å². The zero-order valence-corrected chi connectivity index (χ0v) is 14.6. The molecule has 2 heterocycles. The number of rotatable bonds is 4. The molecule has 0 unspecified atom stereocenters. The molecule has 2 aromatic rings. The number of thiophene rings is 1. The second-order valence-electron chi connectivity index (χ2n) is 5.04. The molecule has 1 aromatic heterocycles. The summed E-state index contributed by atoms with van der Waals surface area (Å²) in [5, 5.41) is 2.03. The maximum atomic E-state index is 12.7. The van der Waals surface area contributed by atoms with Gasteiger partial charge in [-0.25, -0.2) is 0 Å². The Morgan fingerprint density at radius 1 is 1.41 bits per heavy atom. The largest absolute Gasteiger partial charge is 0.488 e. The molecular weight excluding hydrogens is 362 g/mol. The van der Waals surface area contributed by atoms with Crippen molar-refractivity contribution in [2.45, 2.75) is 13.5 Å². The number of halogens is 1. The smallest absolute Gasteiger partial charge is 0.253 e. The molecular formula is C17H16BrNO2S. The van der Waals surface area contributed by atoms with E-state index in [-0.39, 0.29) is 5.91 Å². The van der Waals surface area contributed by atoms with Crippen LogP contribution in [-0.4, -0.2) is 24.0 Å². The summed E-state index contributed by atoms with van der Waals surface area (Å²) in [5.74, 6) is 0.864. The summed E-state index contributed by atoms with van der Waals surface area (Å²) >= 11 is 5.12. The van der Waals surface area contributed by atoms with Gasteiger partial charge in [-0.3, -0.25) is 4.79 Å². The normalized spacial score (nSPS) is 13.1. The van der Waals surface area contributed by atoms with Crippen molar-refractivity contribution in [3.05, 3.63) is 56.2 Å². The molecule has 0 N–H and O–H groups in total. The quantitative estimate of drug-likeness (QED) is 0.793. The van der Waals surface area contributed by atoms with E-state index in [2.05, 4.69) is 22.0 Å². The van der Waals surface area contributed by atoms with Gasteiger partial charge in [0.1, 0.15) is 12.4 Å². The van der Waals surface area contributed by atoms with Crippen LogP contribution in [0.1, 0.15) is 17.4 Å². The van der Waals surface area contributed by atoms with Crippen molar-refractivity contribution in [2.75, 3.05) is 13.2 Å². The van der Waals surface area contributed by atoms with E-state index in [1.54, 1.807) is 11.3 Å². The van der Waals surface area contributed by atoms with Crippen molar-refractivity contribution in [3.63, 3.8) is 0 Å². The van der Waals surface area contributed by atoms with Crippen LogP contribution in [0.15, 0.2) is 45.8 Å². The third-order valence-corrected chi connectivity index (χ3v) is 4.91. The number of hydrogen-bond donors (Lipinski definition) is 0. The molecule has 22 heavy (non-hydrogen) atoms. The third-order valence-electron chi connectivity index (χ3n) is 3.56. The van der Waals surface area contributed by atoms with Crippen molar-refractivity contribution in [1.29, 1.82) is 0 Å². The van der Waals surface area contributed by atoms with Gasteiger partial charge < -0.3 is 9.64 Å². The summed E-state index contributed by atoms with van der Waals surface area (Å²) in [6.07, 6.45) is 1.93. The molecule has 5 heteroatoms. The highest BCUT2D eigenvalue weighted by atomic mass is 79.9. The molecule has 114 valence electrons. The van der Waals surface area contributed by atoms with Crippen molar-refractivity contribution in [3.8, 4) is 5.75 Å². The Morgan fingerprint density at radius 3 is 3.00 bits per heavy atom. The minimum absolute atomic E-state index is 0.0431. The molecule has 0 aliphatic carbocycles. The van der Waals surface area contributed by atoms with Crippen LogP contribution in [0.25, 0.3) is 6.08 Å². The lowest BCUT2D eigenvalue weighted by atomic mass is 10.1. The van der Waals surface area contributed by atoms with Gasteiger partial charge in [-0.1, -0.05) is 22.0 Å². The summed E-state index contributed by atoms with van der Waals surface area (Å²) in [4.78, 5) is 15.8. The lowest BCUT2D eigenvalue weighted by molar-refractivity contribution is -0.127. The van der Waals surface area contributed by atoms with Crippen LogP contribution in [0, 0.1) is 0 Å². The van der Waals surface area contributed by atoms with Crippen molar-refractivity contribution >= 4 is 39.2 Å². The fraction of sp³-hybridized carbons (Fsp3) is 0.235. The van der Waals surface area contributed by atoms with E-state index in [0.29, 0.717) is 25.3 Å². The summed E-state index contributed by atoms with van der Waals surface area (Å²) < 4.78 is 6.69. The Morgan fingerprint density at radius 2 is 2.27 bits per heavy atom.